The number of hydrogen-bond donors (Lipinski definition) is 1. The largest absolute Gasteiger partial charge is 0.467 e. The van der Waals surface area contributed by atoms with Gasteiger partial charge in [-0.1, -0.05) is 20.3 Å². The zero-order valence-corrected chi connectivity index (χ0v) is 14.5. The first kappa shape index (κ1) is 19.4. The zero-order valence-electron chi connectivity index (χ0n) is 14.5. The fraction of sp³-hybridized carbons (Fsp3) is 0.562. The third kappa shape index (κ3) is 4.19. The second kappa shape index (κ2) is 8.24. The van der Waals surface area contributed by atoms with Gasteiger partial charge in [0.05, 0.1) is 12.8 Å². The summed E-state index contributed by atoms with van der Waals surface area (Å²) in [6.07, 6.45) is 0.667. The smallest absolute Gasteiger partial charge is 0.328 e. The topological polar surface area (TPSA) is 114 Å². The molecule has 1 aromatic rings. The number of methoxy groups -OCH3 is 1. The van der Waals surface area contributed by atoms with E-state index in [0.29, 0.717) is 17.7 Å². The number of esters is 1. The van der Waals surface area contributed by atoms with Crippen molar-refractivity contribution >= 4 is 11.9 Å². The van der Waals surface area contributed by atoms with Gasteiger partial charge in [0.1, 0.15) is 24.2 Å². The van der Waals surface area contributed by atoms with Crippen molar-refractivity contribution in [3.63, 3.8) is 0 Å². The predicted octanol–water partition coefficient (Wildman–Crippen LogP) is 0.436. The lowest BCUT2D eigenvalue weighted by molar-refractivity contribution is -0.146. The SMILES string of the molecule is CCC(C)C(NC(=O)Cn1nc(C)c(C)c(C#N)c1=O)C(=O)OC. The normalized spacial score (nSPS) is 12.8. The molecule has 0 spiro atoms. The predicted molar refractivity (Wildman–Crippen MR) is 86.1 cm³/mol. The van der Waals surface area contributed by atoms with Gasteiger partial charge in [-0.3, -0.25) is 9.59 Å². The minimum absolute atomic E-state index is 0.0401. The van der Waals surface area contributed by atoms with Gasteiger partial charge in [-0.2, -0.15) is 10.4 Å². The van der Waals surface area contributed by atoms with Gasteiger partial charge in [0.2, 0.25) is 5.91 Å². The van der Waals surface area contributed by atoms with E-state index in [1.165, 1.54) is 7.11 Å². The molecule has 1 amide bonds. The highest BCUT2D eigenvalue weighted by atomic mass is 16.5. The first-order chi connectivity index (χ1) is 11.3. The monoisotopic (exact) mass is 334 g/mol. The molecule has 0 bridgehead atoms. The lowest BCUT2D eigenvalue weighted by Crippen LogP contribution is -2.47. The maximum atomic E-state index is 12.2. The Morgan fingerprint density at radius 3 is 2.54 bits per heavy atom. The van der Waals surface area contributed by atoms with Gasteiger partial charge >= 0.3 is 5.97 Å². The van der Waals surface area contributed by atoms with E-state index in [-0.39, 0.29) is 18.0 Å². The molecule has 24 heavy (non-hydrogen) atoms. The summed E-state index contributed by atoms with van der Waals surface area (Å²) in [5.74, 6) is -1.22. The van der Waals surface area contributed by atoms with E-state index in [1.807, 2.05) is 19.9 Å². The first-order valence-electron chi connectivity index (χ1n) is 7.62. The van der Waals surface area contributed by atoms with Gasteiger partial charge in [0, 0.05) is 0 Å². The van der Waals surface area contributed by atoms with Crippen molar-refractivity contribution in [2.24, 2.45) is 5.92 Å². The van der Waals surface area contributed by atoms with Gasteiger partial charge in [-0.25, -0.2) is 9.48 Å². The number of nitrogens with one attached hydrogen (secondary N) is 1. The number of amides is 1. The lowest BCUT2D eigenvalue weighted by atomic mass is 9.99. The lowest BCUT2D eigenvalue weighted by Gasteiger charge is -2.22. The van der Waals surface area contributed by atoms with Gasteiger partial charge in [0.25, 0.3) is 5.56 Å². The fourth-order valence-corrected chi connectivity index (χ4v) is 2.16. The highest BCUT2D eigenvalue weighted by Gasteiger charge is 2.27. The van der Waals surface area contributed by atoms with Crippen LogP contribution in [0.3, 0.4) is 0 Å². The standard InChI is InChI=1S/C16H22N4O4/c1-6-9(2)14(16(23)24-5)18-13(21)8-20-15(22)12(7-17)10(3)11(4)19-20/h9,14H,6,8H2,1-5H3,(H,18,21). The minimum Gasteiger partial charge on any atom is -0.467 e. The third-order valence-corrected chi connectivity index (χ3v) is 4.03. The minimum atomic E-state index is -0.801. The number of ether oxygens (including phenoxy) is 1. The molecule has 0 saturated heterocycles. The van der Waals surface area contributed by atoms with E-state index in [9.17, 15) is 14.4 Å². The van der Waals surface area contributed by atoms with E-state index in [4.69, 9.17) is 10.00 Å². The molecule has 0 aliphatic rings. The molecule has 0 aliphatic heterocycles. The molecule has 1 heterocycles. The molecule has 0 saturated carbocycles. The Morgan fingerprint density at radius 2 is 2.04 bits per heavy atom. The molecule has 0 radical (unpaired) electrons. The second-order valence-electron chi connectivity index (χ2n) is 5.61. The Labute approximate surface area is 140 Å². The highest BCUT2D eigenvalue weighted by molar-refractivity contribution is 5.84. The Bertz CT molecular complexity index is 733. The van der Waals surface area contributed by atoms with Crippen LogP contribution in [-0.4, -0.2) is 34.8 Å². The zero-order chi connectivity index (χ0) is 18.4. The van der Waals surface area contributed by atoms with Gasteiger partial charge in [-0.05, 0) is 25.3 Å². The second-order valence-corrected chi connectivity index (χ2v) is 5.61. The van der Waals surface area contributed by atoms with Crippen LogP contribution in [0, 0.1) is 31.1 Å². The van der Waals surface area contributed by atoms with Crippen LogP contribution in [-0.2, 0) is 20.9 Å². The Morgan fingerprint density at radius 1 is 1.42 bits per heavy atom. The highest BCUT2D eigenvalue weighted by Crippen LogP contribution is 2.09. The number of aryl methyl sites for hydroxylation is 1. The van der Waals surface area contributed by atoms with Crippen LogP contribution in [0.5, 0.6) is 0 Å². The molecular weight excluding hydrogens is 312 g/mol. The number of rotatable bonds is 6. The van der Waals surface area contributed by atoms with Crippen molar-refractivity contribution in [1.29, 1.82) is 5.26 Å². The molecule has 0 aliphatic carbocycles. The van der Waals surface area contributed by atoms with Crippen LogP contribution in [0.25, 0.3) is 0 Å². The van der Waals surface area contributed by atoms with Crippen LogP contribution >= 0.6 is 0 Å². The van der Waals surface area contributed by atoms with E-state index in [1.54, 1.807) is 13.8 Å². The summed E-state index contributed by atoms with van der Waals surface area (Å²) >= 11 is 0. The summed E-state index contributed by atoms with van der Waals surface area (Å²) in [6, 6.07) is 1.03. The third-order valence-electron chi connectivity index (χ3n) is 4.03. The fourth-order valence-electron chi connectivity index (χ4n) is 2.16. The summed E-state index contributed by atoms with van der Waals surface area (Å²) in [5, 5.41) is 15.7. The van der Waals surface area contributed by atoms with Crippen LogP contribution in [0.4, 0.5) is 0 Å². The average Bonchev–Trinajstić information content (AvgIpc) is 2.56. The van der Waals surface area contributed by atoms with Crippen molar-refractivity contribution < 1.29 is 14.3 Å². The van der Waals surface area contributed by atoms with Crippen LogP contribution in [0.2, 0.25) is 0 Å². The summed E-state index contributed by atoms with van der Waals surface area (Å²) < 4.78 is 5.63. The molecule has 0 fully saturated rings. The number of nitriles is 1. The van der Waals surface area contributed by atoms with Crippen molar-refractivity contribution in [3.05, 3.63) is 27.2 Å². The summed E-state index contributed by atoms with van der Waals surface area (Å²) in [5.41, 5.74) is 0.312. The van der Waals surface area contributed by atoms with E-state index in [0.717, 1.165) is 4.68 Å². The van der Waals surface area contributed by atoms with Gasteiger partial charge in [0.15, 0.2) is 0 Å². The summed E-state index contributed by atoms with van der Waals surface area (Å²) in [6.45, 7) is 6.61. The van der Waals surface area contributed by atoms with Gasteiger partial charge < -0.3 is 10.1 Å². The van der Waals surface area contributed by atoms with Crippen molar-refractivity contribution in [2.45, 2.75) is 46.7 Å². The number of carbonyl (C=O) groups excluding carboxylic acids is 2. The maximum Gasteiger partial charge on any atom is 0.328 e. The van der Waals surface area contributed by atoms with Crippen molar-refractivity contribution in [2.75, 3.05) is 7.11 Å². The quantitative estimate of drug-likeness (QED) is 0.755. The molecule has 0 aromatic carbocycles. The molecule has 8 nitrogen and oxygen atoms in total. The molecule has 130 valence electrons. The van der Waals surface area contributed by atoms with Crippen LogP contribution in [0.15, 0.2) is 4.79 Å². The molecule has 2 unspecified atom stereocenters. The van der Waals surface area contributed by atoms with E-state index >= 15 is 0 Å². The Kier molecular flexibility index (Phi) is 6.65. The van der Waals surface area contributed by atoms with E-state index in [2.05, 4.69) is 10.4 Å². The molecule has 1 aromatic heterocycles. The molecule has 1 N–H and O–H groups in total. The van der Waals surface area contributed by atoms with Crippen LogP contribution in [0.1, 0.15) is 37.1 Å². The Hall–Kier alpha value is -2.69. The van der Waals surface area contributed by atoms with Crippen molar-refractivity contribution in [1.82, 2.24) is 15.1 Å². The maximum absolute atomic E-state index is 12.2. The van der Waals surface area contributed by atoms with Crippen molar-refractivity contribution in [3.8, 4) is 6.07 Å². The van der Waals surface area contributed by atoms with Gasteiger partial charge in [-0.15, -0.1) is 0 Å². The number of carbonyl (C=O) groups is 2. The molecular formula is C16H22N4O4. The number of aromatic nitrogens is 2. The molecule has 8 heteroatoms. The Balaban J connectivity index is 3.04. The van der Waals surface area contributed by atoms with E-state index < -0.39 is 23.5 Å². The summed E-state index contributed by atoms with van der Waals surface area (Å²) in [7, 11) is 1.25. The average molecular weight is 334 g/mol. The first-order valence-corrected chi connectivity index (χ1v) is 7.62. The number of nitrogens with zero attached hydrogens (tertiary/aromatic N) is 3. The number of hydrogen-bond acceptors (Lipinski definition) is 6. The molecule has 2 atom stereocenters. The molecule has 1 rings (SSSR count). The summed E-state index contributed by atoms with van der Waals surface area (Å²) in [4.78, 5) is 36.2. The van der Waals surface area contributed by atoms with Crippen LogP contribution < -0.4 is 10.9 Å².